The van der Waals surface area contributed by atoms with E-state index in [0.29, 0.717) is 0 Å². The van der Waals surface area contributed by atoms with Crippen molar-refractivity contribution in [1.29, 1.82) is 0 Å². The number of aromatic nitrogens is 1. The van der Waals surface area contributed by atoms with Crippen molar-refractivity contribution in [2.75, 3.05) is 14.2 Å². The fourth-order valence-corrected chi connectivity index (χ4v) is 3.13. The normalized spacial score (nSPS) is 12.3. The molecule has 100 valence electrons. The van der Waals surface area contributed by atoms with E-state index in [-0.39, 0.29) is 0 Å². The van der Waals surface area contributed by atoms with E-state index in [9.17, 15) is 0 Å². The number of rotatable bonds is 2. The Morgan fingerprint density at radius 1 is 1.05 bits per heavy atom. The van der Waals surface area contributed by atoms with E-state index in [1.807, 2.05) is 6.07 Å². The number of methoxy groups -OCH3 is 2. The smallest absolute Gasteiger partial charge is 0.132 e. The monoisotopic (exact) mass is 265 g/mol. The van der Waals surface area contributed by atoms with E-state index in [1.165, 1.54) is 33.3 Å². The largest absolute Gasteiger partial charge is 0.497 e. The highest BCUT2D eigenvalue weighted by atomic mass is 16.5. The van der Waals surface area contributed by atoms with Gasteiger partial charge in [-0.05, 0) is 23.3 Å². The molecule has 0 atom stereocenters. The summed E-state index contributed by atoms with van der Waals surface area (Å²) in [6.45, 7) is 0. The first kappa shape index (κ1) is 11.4. The van der Waals surface area contributed by atoms with Crippen molar-refractivity contribution >= 4 is 10.9 Å². The summed E-state index contributed by atoms with van der Waals surface area (Å²) in [6.07, 6.45) is 0.919. The molecule has 0 fully saturated rings. The third kappa shape index (κ3) is 1.40. The van der Waals surface area contributed by atoms with Crippen LogP contribution < -0.4 is 9.47 Å². The van der Waals surface area contributed by atoms with Gasteiger partial charge in [0.05, 0.1) is 19.9 Å². The third-order valence-corrected chi connectivity index (χ3v) is 4.04. The molecule has 0 radical (unpaired) electrons. The number of fused-ring (bicyclic) bond motifs is 5. The molecule has 3 aromatic rings. The number of benzene rings is 2. The van der Waals surface area contributed by atoms with E-state index < -0.39 is 0 Å². The molecule has 1 N–H and O–H groups in total. The molecule has 3 nitrogen and oxygen atoms in total. The molecular weight excluding hydrogens is 250 g/mol. The van der Waals surface area contributed by atoms with Crippen molar-refractivity contribution < 1.29 is 9.47 Å². The van der Waals surface area contributed by atoms with E-state index >= 15 is 0 Å². The number of nitrogens with one attached hydrogen (secondary N) is 1. The minimum absolute atomic E-state index is 0.843. The highest BCUT2D eigenvalue weighted by Crippen LogP contribution is 2.46. The quantitative estimate of drug-likeness (QED) is 0.599. The van der Waals surface area contributed by atoms with Gasteiger partial charge in [0.25, 0.3) is 0 Å². The Kier molecular flexibility index (Phi) is 2.30. The van der Waals surface area contributed by atoms with Gasteiger partial charge < -0.3 is 14.5 Å². The second-order valence-electron chi connectivity index (χ2n) is 5.06. The van der Waals surface area contributed by atoms with E-state index in [4.69, 9.17) is 9.47 Å². The SMILES string of the molecule is COc1cc2c(c(OC)c1)-c1[nH]c3ccccc3c1C2. The molecule has 20 heavy (non-hydrogen) atoms. The van der Waals surface area contributed by atoms with Gasteiger partial charge in [-0.3, -0.25) is 0 Å². The van der Waals surface area contributed by atoms with Crippen LogP contribution in [-0.4, -0.2) is 19.2 Å². The molecule has 0 saturated carbocycles. The topological polar surface area (TPSA) is 34.2 Å². The van der Waals surface area contributed by atoms with E-state index in [2.05, 4.69) is 35.3 Å². The fraction of sp³-hybridized carbons (Fsp3) is 0.176. The van der Waals surface area contributed by atoms with Crippen molar-refractivity contribution in [3.8, 4) is 22.8 Å². The molecule has 0 spiro atoms. The summed E-state index contributed by atoms with van der Waals surface area (Å²) >= 11 is 0. The predicted octanol–water partition coefficient (Wildman–Crippen LogP) is 3.76. The molecule has 4 rings (SSSR count). The summed E-state index contributed by atoms with van der Waals surface area (Å²) < 4.78 is 10.9. The number of hydrogen-bond acceptors (Lipinski definition) is 2. The van der Waals surface area contributed by atoms with Gasteiger partial charge in [0.2, 0.25) is 0 Å². The van der Waals surface area contributed by atoms with Crippen LogP contribution in [0.3, 0.4) is 0 Å². The highest BCUT2D eigenvalue weighted by molar-refractivity contribution is 5.96. The van der Waals surface area contributed by atoms with Crippen molar-refractivity contribution in [1.82, 2.24) is 4.98 Å². The zero-order valence-corrected chi connectivity index (χ0v) is 11.5. The Morgan fingerprint density at radius 3 is 2.70 bits per heavy atom. The summed E-state index contributed by atoms with van der Waals surface area (Å²) in [4.78, 5) is 3.52. The molecule has 1 aliphatic carbocycles. The second kappa shape index (κ2) is 4.04. The lowest BCUT2D eigenvalue weighted by atomic mass is 10.1. The van der Waals surface area contributed by atoms with Gasteiger partial charge in [-0.25, -0.2) is 0 Å². The summed E-state index contributed by atoms with van der Waals surface area (Å²) in [5.74, 6) is 1.71. The standard InChI is InChI=1S/C17H15NO2/c1-19-11-7-10-8-13-12-5-3-4-6-14(12)18-17(13)16(10)15(9-11)20-2/h3-7,9,18H,8H2,1-2H3. The van der Waals surface area contributed by atoms with Crippen LogP contribution in [0.15, 0.2) is 36.4 Å². The van der Waals surface area contributed by atoms with Crippen molar-refractivity contribution in [3.63, 3.8) is 0 Å². The molecule has 2 aromatic carbocycles. The molecule has 1 aromatic heterocycles. The average Bonchev–Trinajstić information content (AvgIpc) is 3.01. The van der Waals surface area contributed by atoms with Crippen LogP contribution in [0.2, 0.25) is 0 Å². The molecule has 1 aliphatic rings. The molecule has 3 heteroatoms. The third-order valence-electron chi connectivity index (χ3n) is 4.04. The number of H-pyrrole nitrogens is 1. The van der Waals surface area contributed by atoms with Gasteiger partial charge in [0, 0.05) is 29.0 Å². The molecular formula is C17H15NO2. The first-order valence-electron chi connectivity index (χ1n) is 6.66. The van der Waals surface area contributed by atoms with Crippen LogP contribution in [0, 0.1) is 0 Å². The molecule has 0 unspecified atom stereocenters. The lowest BCUT2D eigenvalue weighted by Crippen LogP contribution is -1.92. The minimum atomic E-state index is 0.843. The zero-order valence-electron chi connectivity index (χ0n) is 11.5. The number of para-hydroxylation sites is 1. The van der Waals surface area contributed by atoms with Gasteiger partial charge >= 0.3 is 0 Å². The maximum Gasteiger partial charge on any atom is 0.132 e. The van der Waals surface area contributed by atoms with E-state index in [0.717, 1.165) is 17.9 Å². The lowest BCUT2D eigenvalue weighted by Gasteiger charge is -2.10. The Labute approximate surface area is 117 Å². The van der Waals surface area contributed by atoms with Gasteiger partial charge in [-0.2, -0.15) is 0 Å². The average molecular weight is 265 g/mol. The summed E-state index contributed by atoms with van der Waals surface area (Å²) in [5, 5.41) is 1.29. The van der Waals surface area contributed by atoms with Crippen LogP contribution >= 0.6 is 0 Å². The van der Waals surface area contributed by atoms with Gasteiger partial charge in [0.1, 0.15) is 11.5 Å². The second-order valence-corrected chi connectivity index (χ2v) is 5.06. The zero-order chi connectivity index (χ0) is 13.7. The van der Waals surface area contributed by atoms with Gasteiger partial charge in [-0.1, -0.05) is 18.2 Å². The van der Waals surface area contributed by atoms with E-state index in [1.54, 1.807) is 14.2 Å². The summed E-state index contributed by atoms with van der Waals surface area (Å²) in [7, 11) is 3.39. The molecule has 0 saturated heterocycles. The number of aromatic amines is 1. The molecule has 0 aliphatic heterocycles. The van der Waals surface area contributed by atoms with Crippen molar-refractivity contribution in [2.24, 2.45) is 0 Å². The molecule has 1 heterocycles. The van der Waals surface area contributed by atoms with Gasteiger partial charge in [0.15, 0.2) is 0 Å². The van der Waals surface area contributed by atoms with Crippen LogP contribution in [0.1, 0.15) is 11.1 Å². The Morgan fingerprint density at radius 2 is 1.90 bits per heavy atom. The maximum absolute atomic E-state index is 5.55. The predicted molar refractivity (Wildman–Crippen MR) is 79.6 cm³/mol. The Bertz CT molecular complexity index is 817. The number of ether oxygens (including phenoxy) is 2. The van der Waals surface area contributed by atoms with Crippen molar-refractivity contribution in [2.45, 2.75) is 6.42 Å². The molecule has 0 bridgehead atoms. The first-order valence-corrected chi connectivity index (χ1v) is 6.66. The maximum atomic E-state index is 5.55. The summed E-state index contributed by atoms with van der Waals surface area (Å²) in [5.41, 5.74) is 6.14. The Balaban J connectivity index is 2.02. The first-order chi connectivity index (χ1) is 9.81. The van der Waals surface area contributed by atoms with Crippen molar-refractivity contribution in [3.05, 3.63) is 47.5 Å². The molecule has 0 amide bonds. The Hall–Kier alpha value is -2.42. The number of hydrogen-bond donors (Lipinski definition) is 1. The lowest BCUT2D eigenvalue weighted by molar-refractivity contribution is 0.395. The van der Waals surface area contributed by atoms with Crippen LogP contribution in [0.4, 0.5) is 0 Å². The van der Waals surface area contributed by atoms with Crippen LogP contribution in [0.25, 0.3) is 22.2 Å². The minimum Gasteiger partial charge on any atom is -0.497 e. The fourth-order valence-electron chi connectivity index (χ4n) is 3.13. The van der Waals surface area contributed by atoms with Gasteiger partial charge in [-0.15, -0.1) is 0 Å². The summed E-state index contributed by atoms with van der Waals surface area (Å²) in [6, 6.07) is 12.5. The van der Waals surface area contributed by atoms with Crippen LogP contribution in [-0.2, 0) is 6.42 Å². The van der Waals surface area contributed by atoms with Crippen LogP contribution in [0.5, 0.6) is 11.5 Å². The highest BCUT2D eigenvalue weighted by Gasteiger charge is 2.27.